The van der Waals surface area contributed by atoms with E-state index in [0.29, 0.717) is 11.1 Å². The number of para-hydroxylation sites is 2. The second kappa shape index (κ2) is 7.55. The SMILES string of the molecule is CC1=NN(c2ccccc2)C(=O)[C@@]12Oc1c(c(=O)oc3ccccc13)[C@@H]2c1cccc(C(F)(F)F)c1. The van der Waals surface area contributed by atoms with Crippen molar-refractivity contribution < 1.29 is 27.1 Å². The highest BCUT2D eigenvalue weighted by Crippen LogP contribution is 2.53. The number of alkyl halides is 3. The van der Waals surface area contributed by atoms with E-state index in [0.717, 1.165) is 17.1 Å². The fourth-order valence-electron chi connectivity index (χ4n) is 4.99. The lowest BCUT2D eigenvalue weighted by molar-refractivity contribution is -0.137. The summed E-state index contributed by atoms with van der Waals surface area (Å²) in [5.74, 6) is -1.74. The van der Waals surface area contributed by atoms with Crippen LogP contribution in [0, 0.1) is 0 Å². The lowest BCUT2D eigenvalue weighted by atomic mass is 9.76. The van der Waals surface area contributed by atoms with E-state index in [1.165, 1.54) is 12.1 Å². The summed E-state index contributed by atoms with van der Waals surface area (Å²) in [5, 5.41) is 6.02. The van der Waals surface area contributed by atoms with Gasteiger partial charge in [0.05, 0.1) is 33.8 Å². The monoisotopic (exact) mass is 490 g/mol. The number of halogens is 3. The third kappa shape index (κ3) is 3.02. The number of hydrazone groups is 1. The van der Waals surface area contributed by atoms with Crippen molar-refractivity contribution in [1.29, 1.82) is 0 Å². The topological polar surface area (TPSA) is 72.1 Å². The van der Waals surface area contributed by atoms with Gasteiger partial charge in [0.1, 0.15) is 11.3 Å². The van der Waals surface area contributed by atoms with Crippen LogP contribution < -0.4 is 15.4 Å². The van der Waals surface area contributed by atoms with Gasteiger partial charge in [0.2, 0.25) is 5.60 Å². The molecule has 0 aliphatic carbocycles. The number of anilines is 1. The van der Waals surface area contributed by atoms with Crippen LogP contribution in [0.4, 0.5) is 18.9 Å². The molecule has 1 amide bonds. The molecule has 1 spiro atoms. The molecule has 9 heteroatoms. The van der Waals surface area contributed by atoms with Gasteiger partial charge >= 0.3 is 11.8 Å². The van der Waals surface area contributed by atoms with Crippen molar-refractivity contribution in [2.24, 2.45) is 5.10 Å². The van der Waals surface area contributed by atoms with Gasteiger partial charge in [-0.15, -0.1) is 0 Å². The maximum absolute atomic E-state index is 14.1. The van der Waals surface area contributed by atoms with E-state index in [1.54, 1.807) is 61.5 Å². The van der Waals surface area contributed by atoms with Gasteiger partial charge in [0.15, 0.2) is 0 Å². The Kier molecular flexibility index (Phi) is 4.63. The summed E-state index contributed by atoms with van der Waals surface area (Å²) >= 11 is 0. The van der Waals surface area contributed by atoms with Gasteiger partial charge in [0, 0.05) is 0 Å². The van der Waals surface area contributed by atoms with E-state index in [4.69, 9.17) is 9.15 Å². The highest BCUT2D eigenvalue weighted by molar-refractivity contribution is 6.23. The number of fused-ring (bicyclic) bond motifs is 3. The van der Waals surface area contributed by atoms with Gasteiger partial charge < -0.3 is 9.15 Å². The summed E-state index contributed by atoms with van der Waals surface area (Å²) < 4.78 is 52.8. The first-order valence-corrected chi connectivity index (χ1v) is 11.1. The molecule has 0 radical (unpaired) electrons. The van der Waals surface area contributed by atoms with Crippen molar-refractivity contribution in [2.75, 3.05) is 5.01 Å². The van der Waals surface area contributed by atoms with E-state index in [2.05, 4.69) is 5.10 Å². The van der Waals surface area contributed by atoms with Crippen LogP contribution in [-0.4, -0.2) is 17.2 Å². The van der Waals surface area contributed by atoms with Crippen molar-refractivity contribution in [2.45, 2.75) is 24.6 Å². The normalized spacial score (nSPS) is 21.1. The Morgan fingerprint density at radius 1 is 0.944 bits per heavy atom. The number of nitrogens with zero attached hydrogens (tertiary/aromatic N) is 2. The van der Waals surface area contributed by atoms with Crippen molar-refractivity contribution in [3.63, 3.8) is 0 Å². The molecule has 2 atom stereocenters. The number of hydrogen-bond donors (Lipinski definition) is 0. The Labute approximate surface area is 202 Å². The van der Waals surface area contributed by atoms with Gasteiger partial charge in [-0.05, 0) is 42.8 Å². The van der Waals surface area contributed by atoms with Crippen molar-refractivity contribution in [1.82, 2.24) is 0 Å². The maximum Gasteiger partial charge on any atom is 0.416 e. The maximum atomic E-state index is 14.1. The molecule has 0 unspecified atom stereocenters. The Morgan fingerprint density at radius 2 is 1.67 bits per heavy atom. The zero-order chi connectivity index (χ0) is 25.2. The first-order chi connectivity index (χ1) is 17.2. The molecule has 180 valence electrons. The number of hydrogen-bond acceptors (Lipinski definition) is 5. The molecule has 0 saturated heterocycles. The number of ether oxygens (including phenoxy) is 1. The zero-order valence-electron chi connectivity index (χ0n) is 18.7. The van der Waals surface area contributed by atoms with Gasteiger partial charge in [-0.1, -0.05) is 48.5 Å². The van der Waals surface area contributed by atoms with Crippen molar-refractivity contribution >= 4 is 28.3 Å². The highest BCUT2D eigenvalue weighted by Gasteiger charge is 2.64. The van der Waals surface area contributed by atoms with E-state index < -0.39 is 34.8 Å². The van der Waals surface area contributed by atoms with E-state index in [9.17, 15) is 22.8 Å². The number of carbonyl (C=O) groups excluding carboxylic acids is 1. The minimum atomic E-state index is -4.63. The molecule has 1 aromatic heterocycles. The smallest absolute Gasteiger partial charge is 0.416 e. The Morgan fingerprint density at radius 3 is 2.42 bits per heavy atom. The van der Waals surface area contributed by atoms with Crippen LogP contribution in [0.2, 0.25) is 0 Å². The highest BCUT2D eigenvalue weighted by atomic mass is 19.4. The third-order valence-corrected chi connectivity index (χ3v) is 6.60. The average molecular weight is 490 g/mol. The predicted molar refractivity (Wildman–Crippen MR) is 126 cm³/mol. The van der Waals surface area contributed by atoms with Gasteiger partial charge in [-0.3, -0.25) is 4.79 Å². The standard InChI is InChI=1S/C27H17F3N2O4/c1-15-26(25(34)32(31-15)18-10-3-2-4-11-18)22(16-8-7-9-17(14-16)27(28,29)30)21-23(36-26)19-12-5-6-13-20(19)35-24(21)33/h2-14,22H,1H3/t22-,26+/m0/s1. The summed E-state index contributed by atoms with van der Waals surface area (Å²) in [7, 11) is 0. The van der Waals surface area contributed by atoms with Crippen LogP contribution in [0.15, 0.2) is 93.2 Å². The molecule has 3 heterocycles. The zero-order valence-corrected chi connectivity index (χ0v) is 18.7. The van der Waals surface area contributed by atoms with Gasteiger partial charge in [-0.2, -0.15) is 23.3 Å². The van der Waals surface area contributed by atoms with E-state index in [-0.39, 0.29) is 28.2 Å². The molecule has 0 fully saturated rings. The van der Waals surface area contributed by atoms with Gasteiger partial charge in [0.25, 0.3) is 5.91 Å². The Hall–Kier alpha value is -4.40. The van der Waals surface area contributed by atoms with Crippen molar-refractivity contribution in [3.05, 3.63) is 106 Å². The van der Waals surface area contributed by atoms with E-state index in [1.807, 2.05) is 0 Å². The summed E-state index contributed by atoms with van der Waals surface area (Å²) in [6.45, 7) is 1.57. The summed E-state index contributed by atoms with van der Waals surface area (Å²) in [5.41, 5.74) is -2.61. The van der Waals surface area contributed by atoms with Crippen LogP contribution in [0.1, 0.15) is 29.5 Å². The van der Waals surface area contributed by atoms with Crippen molar-refractivity contribution in [3.8, 4) is 5.75 Å². The summed E-state index contributed by atoms with van der Waals surface area (Å²) in [6, 6.07) is 19.8. The molecule has 3 aromatic carbocycles. The fraction of sp³-hybridized carbons (Fsp3) is 0.148. The second-order valence-corrected chi connectivity index (χ2v) is 8.66. The van der Waals surface area contributed by atoms with Gasteiger partial charge in [-0.25, -0.2) is 4.79 Å². The number of amides is 1. The minimum absolute atomic E-state index is 0.0224. The van der Waals surface area contributed by atoms with Crippen LogP contribution in [-0.2, 0) is 11.0 Å². The molecule has 2 aliphatic rings. The molecule has 4 aromatic rings. The van der Waals surface area contributed by atoms with Crippen LogP contribution in [0.25, 0.3) is 11.0 Å². The first-order valence-electron chi connectivity index (χ1n) is 11.1. The average Bonchev–Trinajstić information content (AvgIpc) is 3.36. The quantitative estimate of drug-likeness (QED) is 0.348. The number of benzene rings is 3. The number of carbonyl (C=O) groups is 1. The third-order valence-electron chi connectivity index (χ3n) is 6.60. The molecule has 0 bridgehead atoms. The molecule has 36 heavy (non-hydrogen) atoms. The molecule has 2 aliphatic heterocycles. The van der Waals surface area contributed by atoms with Crippen LogP contribution >= 0.6 is 0 Å². The lowest BCUT2D eigenvalue weighted by Gasteiger charge is -2.29. The molecule has 0 N–H and O–H groups in total. The number of rotatable bonds is 2. The van der Waals surface area contributed by atoms with E-state index >= 15 is 0 Å². The van der Waals surface area contributed by atoms with Crippen LogP contribution in [0.5, 0.6) is 5.75 Å². The Bertz CT molecular complexity index is 1630. The summed E-state index contributed by atoms with van der Waals surface area (Å²) in [6.07, 6.45) is -4.63. The summed E-state index contributed by atoms with van der Waals surface area (Å²) in [4.78, 5) is 27.3. The minimum Gasteiger partial charge on any atom is -0.469 e. The second-order valence-electron chi connectivity index (χ2n) is 8.66. The fourth-order valence-corrected chi connectivity index (χ4v) is 4.99. The largest absolute Gasteiger partial charge is 0.469 e. The molecular formula is C27H17F3N2O4. The predicted octanol–water partition coefficient (Wildman–Crippen LogP) is 5.50. The molecule has 6 rings (SSSR count). The van der Waals surface area contributed by atoms with Crippen LogP contribution in [0.3, 0.4) is 0 Å². The first kappa shape index (κ1) is 22.1. The Balaban J connectivity index is 1.64. The molecular weight excluding hydrogens is 473 g/mol. The molecule has 0 saturated carbocycles. The lowest BCUT2D eigenvalue weighted by Crippen LogP contribution is -2.53. The molecule has 6 nitrogen and oxygen atoms in total.